The lowest BCUT2D eigenvalue weighted by Crippen LogP contribution is -2.23. The van der Waals surface area contributed by atoms with Crippen molar-refractivity contribution in [2.45, 2.75) is 148 Å². The fraction of sp³-hybridized carbons (Fsp3) is 0.800. The van der Waals surface area contributed by atoms with Gasteiger partial charge in [-0.05, 0) is 31.4 Å². The predicted molar refractivity (Wildman–Crippen MR) is 143 cm³/mol. The maximum absolute atomic E-state index is 6.28. The van der Waals surface area contributed by atoms with Crippen LogP contribution in [0.3, 0.4) is 0 Å². The molecular weight excluding hydrogens is 390 g/mol. The summed E-state index contributed by atoms with van der Waals surface area (Å²) in [6.45, 7) is 5.47. The molecule has 1 unspecified atom stereocenters. The summed E-state index contributed by atoms with van der Waals surface area (Å²) >= 11 is 0. The van der Waals surface area contributed by atoms with E-state index in [-0.39, 0.29) is 6.23 Å². The first-order chi connectivity index (χ1) is 15.9. The Bertz CT molecular complexity index is 475. The molecule has 32 heavy (non-hydrogen) atoms. The first kappa shape index (κ1) is 29.0. The lowest BCUT2D eigenvalue weighted by molar-refractivity contribution is 0.0617. The molecule has 0 aliphatic carbocycles. The van der Waals surface area contributed by atoms with Crippen molar-refractivity contribution in [1.29, 1.82) is 0 Å². The van der Waals surface area contributed by atoms with Gasteiger partial charge in [0.05, 0.1) is 0 Å². The van der Waals surface area contributed by atoms with Crippen LogP contribution in [0.5, 0.6) is 0 Å². The molecule has 1 N–H and O–H groups in total. The number of hydrogen-bond acceptors (Lipinski definition) is 2. The van der Waals surface area contributed by atoms with Gasteiger partial charge in [-0.2, -0.15) is 0 Å². The van der Waals surface area contributed by atoms with Gasteiger partial charge in [0.15, 0.2) is 0 Å². The van der Waals surface area contributed by atoms with E-state index in [4.69, 9.17) is 4.74 Å². The van der Waals surface area contributed by atoms with Crippen molar-refractivity contribution in [3.8, 4) is 0 Å². The molecule has 1 rings (SSSR count). The van der Waals surface area contributed by atoms with Gasteiger partial charge in [0, 0.05) is 12.3 Å². The van der Waals surface area contributed by atoms with Crippen molar-refractivity contribution in [3.63, 3.8) is 0 Å². The Morgan fingerprint density at radius 1 is 0.562 bits per heavy atom. The number of unbranched alkanes of at least 4 members (excludes halogenated alkanes) is 17. The van der Waals surface area contributed by atoms with Crippen LogP contribution in [0.4, 0.5) is 5.69 Å². The second kappa shape index (κ2) is 23.1. The maximum Gasteiger partial charge on any atom is 0.127 e. The van der Waals surface area contributed by atoms with Crippen molar-refractivity contribution in [3.05, 3.63) is 30.3 Å². The van der Waals surface area contributed by atoms with Gasteiger partial charge in [-0.3, -0.25) is 0 Å². The second-order valence-electron chi connectivity index (χ2n) is 9.67. The van der Waals surface area contributed by atoms with E-state index in [1.165, 1.54) is 128 Å². The Morgan fingerprint density at radius 3 is 1.50 bits per heavy atom. The fourth-order valence-corrected chi connectivity index (χ4v) is 4.37. The van der Waals surface area contributed by atoms with Crippen LogP contribution in [-0.4, -0.2) is 12.8 Å². The van der Waals surface area contributed by atoms with E-state index in [9.17, 15) is 0 Å². The van der Waals surface area contributed by atoms with E-state index in [1.807, 2.05) is 0 Å². The van der Waals surface area contributed by atoms with Crippen molar-refractivity contribution < 1.29 is 4.74 Å². The van der Waals surface area contributed by atoms with Gasteiger partial charge in [-0.15, -0.1) is 0 Å². The topological polar surface area (TPSA) is 21.3 Å². The Kier molecular flexibility index (Phi) is 21.0. The third-order valence-electron chi connectivity index (χ3n) is 6.49. The van der Waals surface area contributed by atoms with Gasteiger partial charge in [0.25, 0.3) is 0 Å². The largest absolute Gasteiger partial charge is 0.360 e. The van der Waals surface area contributed by atoms with Crippen molar-refractivity contribution in [2.75, 3.05) is 11.9 Å². The number of anilines is 1. The van der Waals surface area contributed by atoms with E-state index in [2.05, 4.69) is 49.5 Å². The lowest BCUT2D eigenvalue weighted by atomic mass is 10.1. The number of benzene rings is 1. The molecule has 2 heteroatoms. The van der Waals surface area contributed by atoms with Crippen molar-refractivity contribution in [2.24, 2.45) is 0 Å². The molecular formula is C30H55NO. The monoisotopic (exact) mass is 445 g/mol. The van der Waals surface area contributed by atoms with Gasteiger partial charge in [0.1, 0.15) is 6.23 Å². The zero-order chi connectivity index (χ0) is 23.0. The summed E-state index contributed by atoms with van der Waals surface area (Å²) in [5.41, 5.74) is 1.18. The summed E-state index contributed by atoms with van der Waals surface area (Å²) in [7, 11) is 0. The molecule has 1 aromatic carbocycles. The van der Waals surface area contributed by atoms with E-state index < -0.39 is 0 Å². The number of rotatable bonds is 24. The molecule has 0 saturated heterocycles. The highest BCUT2D eigenvalue weighted by atomic mass is 16.5. The molecule has 0 aliphatic heterocycles. The highest BCUT2D eigenvalue weighted by molar-refractivity contribution is 5.42. The van der Waals surface area contributed by atoms with Crippen LogP contribution in [0.15, 0.2) is 30.3 Å². The third-order valence-corrected chi connectivity index (χ3v) is 6.49. The number of ether oxygens (including phenoxy) is 1. The van der Waals surface area contributed by atoms with Crippen LogP contribution in [0.1, 0.15) is 142 Å². The molecule has 0 radical (unpaired) electrons. The average Bonchev–Trinajstić information content (AvgIpc) is 2.82. The highest BCUT2D eigenvalue weighted by Crippen LogP contribution is 2.16. The Hall–Kier alpha value is -1.02. The number of hydrogen-bond donors (Lipinski definition) is 1. The molecule has 0 spiro atoms. The molecule has 186 valence electrons. The molecule has 0 fully saturated rings. The lowest BCUT2D eigenvalue weighted by Gasteiger charge is -2.21. The minimum absolute atomic E-state index is 0.153. The SMILES string of the molecule is CCCCCCCCCCCCOC(CCCCCCCCCCC)Nc1ccccc1. The van der Waals surface area contributed by atoms with Crippen LogP contribution in [-0.2, 0) is 4.74 Å². The van der Waals surface area contributed by atoms with Crippen LogP contribution in [0.25, 0.3) is 0 Å². The summed E-state index contributed by atoms with van der Waals surface area (Å²) < 4.78 is 6.28. The smallest absolute Gasteiger partial charge is 0.127 e. The molecule has 0 bridgehead atoms. The Morgan fingerprint density at radius 2 is 1.00 bits per heavy atom. The van der Waals surface area contributed by atoms with E-state index >= 15 is 0 Å². The second-order valence-corrected chi connectivity index (χ2v) is 9.67. The van der Waals surface area contributed by atoms with Gasteiger partial charge < -0.3 is 10.1 Å². The third kappa shape index (κ3) is 18.5. The first-order valence-corrected chi connectivity index (χ1v) is 14.3. The summed E-state index contributed by atoms with van der Waals surface area (Å²) in [6, 6.07) is 10.6. The average molecular weight is 446 g/mol. The molecule has 0 amide bonds. The molecule has 0 aromatic heterocycles. The Labute approximate surface area is 201 Å². The van der Waals surface area contributed by atoms with Crippen molar-refractivity contribution >= 4 is 5.69 Å². The van der Waals surface area contributed by atoms with Gasteiger partial charge >= 0.3 is 0 Å². The predicted octanol–water partition coefficient (Wildman–Crippen LogP) is 10.3. The molecule has 0 saturated carbocycles. The standard InChI is InChI=1S/C30H55NO/c1-3-5-7-9-11-13-15-17-19-24-28-32-30(31-29-25-21-20-22-26-29)27-23-18-16-14-12-10-8-6-4-2/h20-22,25-26,30-31H,3-19,23-24,27-28H2,1-2H3. The first-order valence-electron chi connectivity index (χ1n) is 14.3. The van der Waals surface area contributed by atoms with Gasteiger partial charge in [-0.25, -0.2) is 0 Å². The van der Waals surface area contributed by atoms with Crippen molar-refractivity contribution in [1.82, 2.24) is 0 Å². The normalized spacial score (nSPS) is 12.2. The summed E-state index contributed by atoms with van der Waals surface area (Å²) in [5, 5.41) is 3.62. The zero-order valence-corrected chi connectivity index (χ0v) is 21.7. The van der Waals surface area contributed by atoms with Gasteiger partial charge in [0.2, 0.25) is 0 Å². The quantitative estimate of drug-likeness (QED) is 0.126. The van der Waals surface area contributed by atoms with Gasteiger partial charge in [-0.1, -0.05) is 141 Å². The molecule has 2 nitrogen and oxygen atoms in total. The maximum atomic E-state index is 6.28. The summed E-state index contributed by atoms with van der Waals surface area (Å²) in [6.07, 6.45) is 27.4. The van der Waals surface area contributed by atoms with Crippen LogP contribution < -0.4 is 5.32 Å². The van der Waals surface area contributed by atoms with Crippen LogP contribution in [0.2, 0.25) is 0 Å². The fourth-order valence-electron chi connectivity index (χ4n) is 4.37. The minimum Gasteiger partial charge on any atom is -0.360 e. The molecule has 1 aromatic rings. The molecule has 1 atom stereocenters. The van der Waals surface area contributed by atoms with Crippen LogP contribution in [0, 0.1) is 0 Å². The summed E-state index contributed by atoms with van der Waals surface area (Å²) in [4.78, 5) is 0. The summed E-state index contributed by atoms with van der Waals surface area (Å²) in [5.74, 6) is 0. The number of para-hydroxylation sites is 1. The van der Waals surface area contributed by atoms with E-state index in [0.717, 1.165) is 13.0 Å². The zero-order valence-electron chi connectivity index (χ0n) is 21.7. The van der Waals surface area contributed by atoms with E-state index in [1.54, 1.807) is 0 Å². The van der Waals surface area contributed by atoms with Crippen LogP contribution >= 0.6 is 0 Å². The minimum atomic E-state index is 0.153. The molecule has 0 aliphatic rings. The highest BCUT2D eigenvalue weighted by Gasteiger charge is 2.08. The number of nitrogens with one attached hydrogen (secondary N) is 1. The Balaban J connectivity index is 2.10. The van der Waals surface area contributed by atoms with E-state index in [0.29, 0.717) is 0 Å². The molecule has 0 heterocycles.